The second kappa shape index (κ2) is 16.7. The molecule has 0 bridgehead atoms. The van der Waals surface area contributed by atoms with E-state index in [1.54, 1.807) is 24.4 Å². The third kappa shape index (κ3) is 8.28. The lowest BCUT2D eigenvalue weighted by atomic mass is 9.49. The third-order valence-corrected chi connectivity index (χ3v) is 12.7. The lowest BCUT2D eigenvalue weighted by Gasteiger charge is -2.63. The van der Waals surface area contributed by atoms with Crippen LogP contribution in [0.2, 0.25) is 5.02 Å². The van der Waals surface area contributed by atoms with Gasteiger partial charge in [-0.05, 0) is 68.6 Å². The van der Waals surface area contributed by atoms with Gasteiger partial charge in [0.25, 0.3) is 17.7 Å². The molecule has 2 N–H and O–H groups in total. The van der Waals surface area contributed by atoms with E-state index in [9.17, 15) is 29.2 Å². The molecule has 3 aromatic rings. The van der Waals surface area contributed by atoms with Crippen molar-refractivity contribution in [2.24, 2.45) is 10.8 Å². The van der Waals surface area contributed by atoms with Crippen LogP contribution < -0.4 is 20.3 Å². The number of imide groups is 2. The molecular formula is C44H49ClFN7O6. The number of aryl methyl sites for hydroxylation is 1. The van der Waals surface area contributed by atoms with Crippen molar-refractivity contribution < 1.29 is 33.1 Å². The van der Waals surface area contributed by atoms with E-state index in [-0.39, 0.29) is 58.5 Å². The zero-order chi connectivity index (χ0) is 42.2. The van der Waals surface area contributed by atoms with E-state index < -0.39 is 35.5 Å². The van der Waals surface area contributed by atoms with Gasteiger partial charge in [-0.2, -0.15) is 5.26 Å². The topological polar surface area (TPSA) is 165 Å². The SMILES string of the molecule is CC1(C)C(NC(=O)c2ccc(CCCCCCN3CCN(c4cc5c(cc4F)C(=O)N(C4CCC(=O)NC4=O)C5=O)CC3)nc2)C(C)(C)C1Oc1ccc(C#N)c(Cl)c1. The minimum atomic E-state index is -1.10. The molecule has 3 aliphatic heterocycles. The van der Waals surface area contributed by atoms with Gasteiger partial charge in [0.2, 0.25) is 11.8 Å². The maximum Gasteiger partial charge on any atom is 0.262 e. The van der Waals surface area contributed by atoms with Crippen molar-refractivity contribution in [2.75, 3.05) is 37.6 Å². The first-order valence-corrected chi connectivity index (χ1v) is 20.6. The van der Waals surface area contributed by atoms with Gasteiger partial charge in [-0.25, -0.2) is 4.39 Å². The number of piperazine rings is 1. The van der Waals surface area contributed by atoms with Crippen molar-refractivity contribution in [1.82, 2.24) is 25.4 Å². The lowest BCUT2D eigenvalue weighted by molar-refractivity contribution is -0.164. The maximum absolute atomic E-state index is 15.3. The van der Waals surface area contributed by atoms with Crippen molar-refractivity contribution in [2.45, 2.75) is 90.8 Å². The molecule has 1 unspecified atom stereocenters. The van der Waals surface area contributed by atoms with E-state index in [0.29, 0.717) is 35.0 Å². The summed E-state index contributed by atoms with van der Waals surface area (Å²) in [6, 6.07) is 12.1. The highest BCUT2D eigenvalue weighted by Gasteiger charge is 2.64. The molecule has 1 aromatic heterocycles. The number of piperidine rings is 1. The predicted molar refractivity (Wildman–Crippen MR) is 218 cm³/mol. The number of benzene rings is 2. The summed E-state index contributed by atoms with van der Waals surface area (Å²) in [7, 11) is 0. The fourth-order valence-electron chi connectivity index (χ4n) is 9.45. The summed E-state index contributed by atoms with van der Waals surface area (Å²) < 4.78 is 21.7. The fourth-order valence-corrected chi connectivity index (χ4v) is 9.66. The number of ether oxygens (including phenoxy) is 1. The Morgan fingerprint density at radius 2 is 1.66 bits per heavy atom. The number of carbonyl (C=O) groups is 5. The number of hydrogen-bond acceptors (Lipinski definition) is 10. The molecule has 7 rings (SSSR count). The molecule has 13 nitrogen and oxygen atoms in total. The predicted octanol–water partition coefficient (Wildman–Crippen LogP) is 5.68. The van der Waals surface area contributed by atoms with Crippen LogP contribution in [0, 0.1) is 28.0 Å². The van der Waals surface area contributed by atoms with Crippen LogP contribution in [0.25, 0.3) is 0 Å². The van der Waals surface area contributed by atoms with Gasteiger partial charge in [-0.1, -0.05) is 52.1 Å². The van der Waals surface area contributed by atoms with E-state index in [2.05, 4.69) is 54.3 Å². The largest absolute Gasteiger partial charge is 0.489 e. The fraction of sp³-hybridized carbons (Fsp3) is 0.477. The Morgan fingerprint density at radius 1 is 0.966 bits per heavy atom. The molecule has 0 radical (unpaired) electrons. The number of amides is 5. The molecule has 4 aliphatic rings. The van der Waals surface area contributed by atoms with Gasteiger partial charge in [0, 0.05) is 67.4 Å². The minimum Gasteiger partial charge on any atom is -0.489 e. The van der Waals surface area contributed by atoms with Gasteiger partial charge in [-0.15, -0.1) is 0 Å². The van der Waals surface area contributed by atoms with E-state index >= 15 is 4.39 Å². The number of halogens is 2. The first-order valence-electron chi connectivity index (χ1n) is 20.2. The number of nitrogens with zero attached hydrogens (tertiary/aromatic N) is 5. The highest BCUT2D eigenvalue weighted by Crippen LogP contribution is 2.55. The number of rotatable bonds is 13. The van der Waals surface area contributed by atoms with Crippen LogP contribution in [-0.4, -0.2) is 95.2 Å². The summed E-state index contributed by atoms with van der Waals surface area (Å²) in [5, 5.41) is 14.9. The third-order valence-electron chi connectivity index (χ3n) is 12.4. The number of anilines is 1. The number of hydrogen-bond donors (Lipinski definition) is 2. The molecule has 1 aliphatic carbocycles. The van der Waals surface area contributed by atoms with Gasteiger partial charge in [-0.3, -0.25) is 44.1 Å². The Morgan fingerprint density at radius 3 is 2.31 bits per heavy atom. The van der Waals surface area contributed by atoms with Crippen LogP contribution in [-0.2, 0) is 16.0 Å². The molecule has 2 aromatic carbocycles. The highest BCUT2D eigenvalue weighted by atomic mass is 35.5. The van der Waals surface area contributed by atoms with Crippen molar-refractivity contribution in [1.29, 1.82) is 5.26 Å². The first-order chi connectivity index (χ1) is 28.1. The van der Waals surface area contributed by atoms with Gasteiger partial charge >= 0.3 is 0 Å². The molecule has 15 heteroatoms. The van der Waals surface area contributed by atoms with E-state index in [1.165, 1.54) is 6.07 Å². The van der Waals surface area contributed by atoms with Crippen molar-refractivity contribution in [3.8, 4) is 11.8 Å². The molecule has 1 atom stereocenters. The van der Waals surface area contributed by atoms with E-state index in [0.717, 1.165) is 68.4 Å². The van der Waals surface area contributed by atoms with Crippen molar-refractivity contribution in [3.05, 3.63) is 87.4 Å². The molecule has 0 spiro atoms. The molecule has 5 amide bonds. The normalized spacial score (nSPS) is 22.4. The Balaban J connectivity index is 0.811. The number of unbranched alkanes of at least 4 members (excludes halogenated alkanes) is 3. The van der Waals surface area contributed by atoms with Crippen LogP contribution in [0.4, 0.5) is 10.1 Å². The number of nitrogens with one attached hydrogen (secondary N) is 2. The van der Waals surface area contributed by atoms with Crippen LogP contribution in [0.3, 0.4) is 0 Å². The Hall–Kier alpha value is -5.39. The maximum atomic E-state index is 15.3. The molecule has 310 valence electrons. The quantitative estimate of drug-likeness (QED) is 0.162. The Bertz CT molecular complexity index is 2200. The number of pyridine rings is 1. The molecule has 4 heterocycles. The smallest absolute Gasteiger partial charge is 0.262 e. The monoisotopic (exact) mass is 825 g/mol. The standard InChI is InChI=1S/C44H49ClFN7O6/c1-43(2)41(44(3,4)42(43)59-29-13-11-26(24-47)32(45)21-29)50-37(55)27-10-12-28(48-25-27)9-7-5-6-8-16-51-17-19-52(20-18-51)35-23-31-30(22-33(35)46)39(57)53(40(31)58)34-14-15-36(54)49-38(34)56/h10-13,21-23,25,34,41-42H,5-9,14-20H2,1-4H3,(H,50,55)(H,49,54,56). The molecule has 2 saturated heterocycles. The summed E-state index contributed by atoms with van der Waals surface area (Å²) in [6.07, 6.45) is 6.39. The summed E-state index contributed by atoms with van der Waals surface area (Å²) in [5.41, 5.74) is 1.34. The number of aromatic nitrogens is 1. The van der Waals surface area contributed by atoms with Gasteiger partial charge in [0.15, 0.2) is 0 Å². The Kier molecular flexibility index (Phi) is 11.8. The molecule has 59 heavy (non-hydrogen) atoms. The number of carbonyl (C=O) groups excluding carboxylic acids is 5. The van der Waals surface area contributed by atoms with Gasteiger partial charge in [0.05, 0.1) is 33.0 Å². The summed E-state index contributed by atoms with van der Waals surface area (Å²) in [5.74, 6) is -2.72. The zero-order valence-corrected chi connectivity index (χ0v) is 34.5. The zero-order valence-electron chi connectivity index (χ0n) is 33.8. The second-order valence-corrected chi connectivity index (χ2v) is 17.5. The van der Waals surface area contributed by atoms with Gasteiger partial charge < -0.3 is 15.0 Å². The number of fused-ring (bicyclic) bond motifs is 1. The molecule has 3 fully saturated rings. The minimum absolute atomic E-state index is 0.0160. The summed E-state index contributed by atoms with van der Waals surface area (Å²) >= 11 is 6.23. The van der Waals surface area contributed by atoms with Crippen LogP contribution in [0.5, 0.6) is 5.75 Å². The first kappa shape index (κ1) is 41.8. The van der Waals surface area contributed by atoms with Crippen molar-refractivity contribution >= 4 is 46.8 Å². The van der Waals surface area contributed by atoms with Crippen molar-refractivity contribution in [3.63, 3.8) is 0 Å². The van der Waals surface area contributed by atoms with Gasteiger partial charge in [0.1, 0.15) is 29.8 Å². The van der Waals surface area contributed by atoms with E-state index in [1.807, 2.05) is 17.0 Å². The number of nitriles is 1. The van der Waals surface area contributed by atoms with E-state index in [4.69, 9.17) is 16.3 Å². The van der Waals surface area contributed by atoms with Crippen LogP contribution >= 0.6 is 11.6 Å². The highest BCUT2D eigenvalue weighted by molar-refractivity contribution is 6.31. The summed E-state index contributed by atoms with van der Waals surface area (Å²) in [4.78, 5) is 73.2. The summed E-state index contributed by atoms with van der Waals surface area (Å²) in [6.45, 7) is 11.8. The van der Waals surface area contributed by atoms with Crippen LogP contribution in [0.15, 0.2) is 48.7 Å². The van der Waals surface area contributed by atoms with Crippen LogP contribution in [0.1, 0.15) is 109 Å². The average molecular weight is 826 g/mol. The Labute approximate surface area is 348 Å². The average Bonchev–Trinajstić information content (AvgIpc) is 3.44. The molecular weight excluding hydrogens is 777 g/mol. The molecule has 1 saturated carbocycles. The lowest BCUT2D eigenvalue weighted by Crippen LogP contribution is -2.74. The second-order valence-electron chi connectivity index (χ2n) is 17.1.